The molecule has 4 heteroatoms. The molecule has 1 heterocycles. The number of pyridine rings is 1. The van der Waals surface area contributed by atoms with Crippen molar-refractivity contribution in [3.63, 3.8) is 0 Å². The SMILES string of the molecule is CC[C@@H](O)c1ccc(Oc2cc(C)ccc2Cl)cn1. The second-order valence-electron chi connectivity index (χ2n) is 4.38. The molecule has 100 valence electrons. The Balaban J connectivity index is 2.17. The summed E-state index contributed by atoms with van der Waals surface area (Å²) in [6.45, 7) is 3.88. The number of benzene rings is 1. The Morgan fingerprint density at radius 1 is 1.32 bits per heavy atom. The quantitative estimate of drug-likeness (QED) is 0.907. The van der Waals surface area contributed by atoms with Gasteiger partial charge in [-0.3, -0.25) is 4.98 Å². The molecule has 0 fully saturated rings. The zero-order chi connectivity index (χ0) is 13.8. The Kier molecular flexibility index (Phi) is 4.40. The lowest BCUT2D eigenvalue weighted by Gasteiger charge is -2.10. The standard InChI is InChI=1S/C15H16ClNO2/c1-3-14(18)13-7-5-11(9-17-13)19-15-8-10(2)4-6-12(15)16/h4-9,14,18H,3H2,1-2H3/t14-/m1/s1. The molecule has 0 amide bonds. The predicted molar refractivity (Wildman–Crippen MR) is 75.8 cm³/mol. The van der Waals surface area contributed by atoms with Gasteiger partial charge in [-0.2, -0.15) is 0 Å². The second-order valence-corrected chi connectivity index (χ2v) is 4.79. The van der Waals surface area contributed by atoms with E-state index in [0.717, 1.165) is 5.56 Å². The van der Waals surface area contributed by atoms with E-state index >= 15 is 0 Å². The summed E-state index contributed by atoms with van der Waals surface area (Å²) in [6, 6.07) is 9.13. The van der Waals surface area contributed by atoms with E-state index in [1.807, 2.05) is 26.0 Å². The third-order valence-corrected chi connectivity index (χ3v) is 3.11. The van der Waals surface area contributed by atoms with Crippen LogP contribution in [0.25, 0.3) is 0 Å². The van der Waals surface area contributed by atoms with Crippen molar-refractivity contribution in [3.8, 4) is 11.5 Å². The number of hydrogen-bond donors (Lipinski definition) is 1. The molecule has 0 unspecified atom stereocenters. The first kappa shape index (κ1) is 13.8. The topological polar surface area (TPSA) is 42.4 Å². The zero-order valence-corrected chi connectivity index (χ0v) is 11.7. The fraction of sp³-hybridized carbons (Fsp3) is 0.267. The number of aliphatic hydroxyl groups excluding tert-OH is 1. The number of aliphatic hydroxyl groups is 1. The lowest BCUT2D eigenvalue weighted by molar-refractivity contribution is 0.169. The van der Waals surface area contributed by atoms with E-state index in [9.17, 15) is 5.11 Å². The van der Waals surface area contributed by atoms with E-state index in [0.29, 0.717) is 28.6 Å². The van der Waals surface area contributed by atoms with Crippen molar-refractivity contribution >= 4 is 11.6 Å². The van der Waals surface area contributed by atoms with E-state index in [-0.39, 0.29) is 0 Å². The normalized spacial score (nSPS) is 12.2. The summed E-state index contributed by atoms with van der Waals surface area (Å²) in [6.07, 6.45) is 1.70. The number of aryl methyl sites for hydroxylation is 1. The van der Waals surface area contributed by atoms with Crippen molar-refractivity contribution in [1.29, 1.82) is 0 Å². The largest absolute Gasteiger partial charge is 0.454 e. The third kappa shape index (κ3) is 3.46. The molecule has 0 aliphatic carbocycles. The van der Waals surface area contributed by atoms with Crippen LogP contribution < -0.4 is 4.74 Å². The van der Waals surface area contributed by atoms with Crippen molar-refractivity contribution in [2.24, 2.45) is 0 Å². The summed E-state index contributed by atoms with van der Waals surface area (Å²) < 4.78 is 5.68. The maximum Gasteiger partial charge on any atom is 0.146 e. The van der Waals surface area contributed by atoms with E-state index in [1.54, 1.807) is 24.4 Å². The Morgan fingerprint density at radius 3 is 2.74 bits per heavy atom. The summed E-state index contributed by atoms with van der Waals surface area (Å²) >= 11 is 6.06. The van der Waals surface area contributed by atoms with Crippen molar-refractivity contribution in [1.82, 2.24) is 4.98 Å². The van der Waals surface area contributed by atoms with Crippen LogP contribution in [0.3, 0.4) is 0 Å². The number of nitrogens with zero attached hydrogens (tertiary/aromatic N) is 1. The zero-order valence-electron chi connectivity index (χ0n) is 10.9. The van der Waals surface area contributed by atoms with Gasteiger partial charge in [-0.15, -0.1) is 0 Å². The highest BCUT2D eigenvalue weighted by Gasteiger charge is 2.08. The number of ether oxygens (including phenoxy) is 1. The lowest BCUT2D eigenvalue weighted by atomic mass is 10.2. The summed E-state index contributed by atoms with van der Waals surface area (Å²) in [5, 5.41) is 10.2. The molecule has 0 radical (unpaired) electrons. The molecule has 0 spiro atoms. The Morgan fingerprint density at radius 2 is 2.11 bits per heavy atom. The Labute approximate surface area is 117 Å². The Bertz CT molecular complexity index is 555. The van der Waals surface area contributed by atoms with Crippen molar-refractivity contribution in [2.45, 2.75) is 26.4 Å². The molecule has 2 rings (SSSR count). The fourth-order valence-corrected chi connectivity index (χ4v) is 1.83. The third-order valence-electron chi connectivity index (χ3n) is 2.80. The minimum Gasteiger partial charge on any atom is -0.454 e. The first-order valence-corrected chi connectivity index (χ1v) is 6.56. The molecule has 0 saturated carbocycles. The number of hydrogen-bond acceptors (Lipinski definition) is 3. The van der Waals surface area contributed by atoms with Gasteiger partial charge in [0.25, 0.3) is 0 Å². The predicted octanol–water partition coefficient (Wildman–Crippen LogP) is 4.28. The molecule has 0 aliphatic heterocycles. The minimum atomic E-state index is -0.531. The smallest absolute Gasteiger partial charge is 0.146 e. The molecule has 3 nitrogen and oxygen atoms in total. The van der Waals surface area contributed by atoms with Gasteiger partial charge in [-0.25, -0.2) is 0 Å². The van der Waals surface area contributed by atoms with E-state index in [4.69, 9.17) is 16.3 Å². The van der Waals surface area contributed by atoms with Crippen molar-refractivity contribution in [2.75, 3.05) is 0 Å². The van der Waals surface area contributed by atoms with E-state index < -0.39 is 6.10 Å². The summed E-state index contributed by atoms with van der Waals surface area (Å²) in [4.78, 5) is 4.18. The molecule has 1 atom stereocenters. The van der Waals surface area contributed by atoms with Crippen LogP contribution in [0.2, 0.25) is 5.02 Å². The molecular formula is C15H16ClNO2. The summed E-state index contributed by atoms with van der Waals surface area (Å²) in [7, 11) is 0. The molecule has 1 aromatic carbocycles. The van der Waals surface area contributed by atoms with Gasteiger partial charge in [0.1, 0.15) is 11.5 Å². The second kappa shape index (κ2) is 6.04. The van der Waals surface area contributed by atoms with Crippen LogP contribution in [-0.4, -0.2) is 10.1 Å². The highest BCUT2D eigenvalue weighted by molar-refractivity contribution is 6.32. The maximum absolute atomic E-state index is 9.67. The van der Waals surface area contributed by atoms with Crippen LogP contribution in [0.1, 0.15) is 30.7 Å². The number of aromatic nitrogens is 1. The molecule has 0 aliphatic rings. The van der Waals surface area contributed by atoms with Gasteiger partial charge in [-0.1, -0.05) is 24.6 Å². The lowest BCUT2D eigenvalue weighted by Crippen LogP contribution is -1.98. The van der Waals surface area contributed by atoms with Crippen molar-refractivity contribution < 1.29 is 9.84 Å². The molecule has 2 aromatic rings. The maximum atomic E-state index is 9.67. The molecule has 0 saturated heterocycles. The van der Waals surface area contributed by atoms with E-state index in [1.165, 1.54) is 0 Å². The van der Waals surface area contributed by atoms with Gasteiger partial charge in [0, 0.05) is 0 Å². The minimum absolute atomic E-state index is 0.531. The van der Waals surface area contributed by atoms with Gasteiger partial charge in [-0.05, 0) is 43.2 Å². The molecule has 0 bridgehead atoms. The Hall–Kier alpha value is -1.58. The van der Waals surface area contributed by atoms with Crippen LogP contribution in [0.5, 0.6) is 11.5 Å². The van der Waals surface area contributed by atoms with Gasteiger partial charge in [0.05, 0.1) is 23.0 Å². The van der Waals surface area contributed by atoms with E-state index in [2.05, 4.69) is 4.98 Å². The van der Waals surface area contributed by atoms with Gasteiger partial charge in [0.15, 0.2) is 0 Å². The highest BCUT2D eigenvalue weighted by atomic mass is 35.5. The number of rotatable bonds is 4. The van der Waals surface area contributed by atoms with Crippen LogP contribution in [0, 0.1) is 6.92 Å². The monoisotopic (exact) mass is 277 g/mol. The number of halogens is 1. The van der Waals surface area contributed by atoms with Crippen LogP contribution in [0.4, 0.5) is 0 Å². The summed E-state index contributed by atoms with van der Waals surface area (Å²) in [5.41, 5.74) is 1.72. The summed E-state index contributed by atoms with van der Waals surface area (Å²) in [5.74, 6) is 1.20. The van der Waals surface area contributed by atoms with Crippen LogP contribution in [-0.2, 0) is 0 Å². The first-order chi connectivity index (χ1) is 9.10. The molecule has 1 N–H and O–H groups in total. The van der Waals surface area contributed by atoms with Crippen LogP contribution in [0.15, 0.2) is 36.5 Å². The van der Waals surface area contributed by atoms with Crippen LogP contribution >= 0.6 is 11.6 Å². The molecular weight excluding hydrogens is 262 g/mol. The first-order valence-electron chi connectivity index (χ1n) is 6.18. The highest BCUT2D eigenvalue weighted by Crippen LogP contribution is 2.30. The van der Waals surface area contributed by atoms with Crippen molar-refractivity contribution in [3.05, 3.63) is 52.8 Å². The molecule has 1 aromatic heterocycles. The van der Waals surface area contributed by atoms with Gasteiger partial charge >= 0.3 is 0 Å². The average molecular weight is 278 g/mol. The average Bonchev–Trinajstić information content (AvgIpc) is 2.43. The molecule has 19 heavy (non-hydrogen) atoms. The van der Waals surface area contributed by atoms with Gasteiger partial charge in [0.2, 0.25) is 0 Å². The fourth-order valence-electron chi connectivity index (χ4n) is 1.67. The van der Waals surface area contributed by atoms with Gasteiger partial charge < -0.3 is 9.84 Å².